The Kier molecular flexibility index (Phi) is 3.75. The summed E-state index contributed by atoms with van der Waals surface area (Å²) in [6.07, 6.45) is 1.57. The van der Waals surface area contributed by atoms with Gasteiger partial charge in [-0.25, -0.2) is 9.59 Å². The van der Waals surface area contributed by atoms with E-state index in [0.29, 0.717) is 19.8 Å². The molecule has 1 N–H and O–H groups in total. The maximum atomic E-state index is 12.3. The van der Waals surface area contributed by atoms with E-state index < -0.39 is 12.0 Å². The zero-order valence-electron chi connectivity index (χ0n) is 10.8. The molecule has 3 atom stereocenters. The predicted molar refractivity (Wildman–Crippen MR) is 64.3 cm³/mol. The van der Waals surface area contributed by atoms with Gasteiger partial charge >= 0.3 is 12.0 Å². The van der Waals surface area contributed by atoms with Crippen LogP contribution in [0.3, 0.4) is 0 Å². The van der Waals surface area contributed by atoms with Crippen molar-refractivity contribution in [2.75, 3.05) is 26.8 Å². The molecule has 2 aliphatic heterocycles. The van der Waals surface area contributed by atoms with Crippen LogP contribution in [0, 0.1) is 5.92 Å². The maximum absolute atomic E-state index is 12.3. The van der Waals surface area contributed by atoms with E-state index in [9.17, 15) is 14.7 Å². The lowest BCUT2D eigenvalue weighted by Gasteiger charge is -2.31. The summed E-state index contributed by atoms with van der Waals surface area (Å²) < 4.78 is 5.26. The van der Waals surface area contributed by atoms with Gasteiger partial charge < -0.3 is 19.6 Å². The first kappa shape index (κ1) is 13.1. The van der Waals surface area contributed by atoms with E-state index in [1.165, 1.54) is 4.90 Å². The summed E-state index contributed by atoms with van der Waals surface area (Å²) in [7, 11) is 1.73. The molecule has 6 heteroatoms. The number of carbonyl (C=O) groups is 2. The standard InChI is InChI=1S/C12H20N2O4/c1-8-3-5-14(10(8)11(15)16)12(17)13(2)9-4-6-18-7-9/h8-10H,3-7H2,1-2H3,(H,15,16). The van der Waals surface area contributed by atoms with Crippen molar-refractivity contribution in [3.8, 4) is 0 Å². The first-order valence-electron chi connectivity index (χ1n) is 6.36. The molecule has 2 heterocycles. The molecule has 0 bridgehead atoms. The van der Waals surface area contributed by atoms with E-state index in [1.807, 2.05) is 6.92 Å². The molecule has 0 aliphatic carbocycles. The number of amides is 2. The second-order valence-electron chi connectivity index (χ2n) is 5.15. The van der Waals surface area contributed by atoms with Crippen LogP contribution in [0.2, 0.25) is 0 Å². The Labute approximate surface area is 106 Å². The minimum atomic E-state index is -0.913. The Morgan fingerprint density at radius 1 is 1.39 bits per heavy atom. The van der Waals surface area contributed by atoms with Gasteiger partial charge in [-0.1, -0.05) is 6.92 Å². The molecule has 3 unspecified atom stereocenters. The van der Waals surface area contributed by atoms with Crippen molar-refractivity contribution in [1.29, 1.82) is 0 Å². The first-order valence-corrected chi connectivity index (χ1v) is 6.36. The molecular weight excluding hydrogens is 236 g/mol. The van der Waals surface area contributed by atoms with Crippen molar-refractivity contribution in [2.45, 2.75) is 31.8 Å². The molecule has 102 valence electrons. The number of urea groups is 1. The van der Waals surface area contributed by atoms with Gasteiger partial charge in [0.2, 0.25) is 0 Å². The van der Waals surface area contributed by atoms with Crippen molar-refractivity contribution in [1.82, 2.24) is 9.80 Å². The highest BCUT2D eigenvalue weighted by molar-refractivity contribution is 5.83. The monoisotopic (exact) mass is 256 g/mol. The fourth-order valence-corrected chi connectivity index (χ4v) is 2.72. The number of ether oxygens (including phenoxy) is 1. The molecule has 18 heavy (non-hydrogen) atoms. The van der Waals surface area contributed by atoms with Crippen LogP contribution < -0.4 is 0 Å². The van der Waals surface area contributed by atoms with E-state index >= 15 is 0 Å². The lowest BCUT2D eigenvalue weighted by Crippen LogP contribution is -2.51. The van der Waals surface area contributed by atoms with Crippen molar-refractivity contribution < 1.29 is 19.4 Å². The number of carboxylic acids is 1. The number of hydrogen-bond donors (Lipinski definition) is 1. The van der Waals surface area contributed by atoms with Gasteiger partial charge in [0.05, 0.1) is 12.6 Å². The number of hydrogen-bond acceptors (Lipinski definition) is 3. The lowest BCUT2D eigenvalue weighted by molar-refractivity contribution is -0.142. The van der Waals surface area contributed by atoms with Gasteiger partial charge in [0.15, 0.2) is 0 Å². The summed E-state index contributed by atoms with van der Waals surface area (Å²) in [5.41, 5.74) is 0. The Balaban J connectivity index is 2.05. The average Bonchev–Trinajstić information content (AvgIpc) is 2.95. The van der Waals surface area contributed by atoms with Crippen LogP contribution in [-0.4, -0.2) is 65.8 Å². The number of nitrogens with zero attached hydrogens (tertiary/aromatic N) is 2. The maximum Gasteiger partial charge on any atom is 0.326 e. The summed E-state index contributed by atoms with van der Waals surface area (Å²) in [4.78, 5) is 26.7. The van der Waals surface area contributed by atoms with Crippen LogP contribution in [0.1, 0.15) is 19.8 Å². The highest BCUT2D eigenvalue weighted by Gasteiger charge is 2.41. The number of carboxylic acid groups (broad SMARTS) is 1. The Morgan fingerprint density at radius 2 is 2.11 bits per heavy atom. The van der Waals surface area contributed by atoms with Crippen LogP contribution >= 0.6 is 0 Å². The fraction of sp³-hybridized carbons (Fsp3) is 0.833. The third-order valence-corrected chi connectivity index (χ3v) is 3.95. The SMILES string of the molecule is CC1CCN(C(=O)N(C)C2CCOC2)C1C(=O)O. The van der Waals surface area contributed by atoms with Crippen molar-refractivity contribution in [3.05, 3.63) is 0 Å². The van der Waals surface area contributed by atoms with E-state index in [-0.39, 0.29) is 18.0 Å². The molecular formula is C12H20N2O4. The smallest absolute Gasteiger partial charge is 0.326 e. The minimum absolute atomic E-state index is 0.0136. The molecule has 0 aromatic carbocycles. The van der Waals surface area contributed by atoms with Gasteiger partial charge in [-0.3, -0.25) is 0 Å². The zero-order chi connectivity index (χ0) is 13.3. The Bertz CT molecular complexity index is 341. The molecule has 2 rings (SSSR count). The van der Waals surface area contributed by atoms with Crippen LogP contribution in [-0.2, 0) is 9.53 Å². The number of rotatable bonds is 2. The third kappa shape index (κ3) is 2.29. The van der Waals surface area contributed by atoms with Gasteiger partial charge in [0, 0.05) is 20.2 Å². The molecule has 0 spiro atoms. The molecule has 6 nitrogen and oxygen atoms in total. The van der Waals surface area contributed by atoms with E-state index in [2.05, 4.69) is 0 Å². The van der Waals surface area contributed by atoms with Crippen LogP contribution in [0.4, 0.5) is 4.79 Å². The third-order valence-electron chi connectivity index (χ3n) is 3.95. The molecule has 2 aliphatic rings. The van der Waals surface area contributed by atoms with Crippen LogP contribution in [0.5, 0.6) is 0 Å². The quantitative estimate of drug-likeness (QED) is 0.786. The summed E-state index contributed by atoms with van der Waals surface area (Å²) in [6, 6.07) is -0.813. The largest absolute Gasteiger partial charge is 0.480 e. The summed E-state index contributed by atoms with van der Waals surface area (Å²) in [5, 5.41) is 9.21. The number of likely N-dealkylation sites (N-methyl/N-ethyl adjacent to an activating group) is 1. The van der Waals surface area contributed by atoms with E-state index in [1.54, 1.807) is 11.9 Å². The summed E-state index contributed by atoms with van der Waals surface area (Å²) >= 11 is 0. The van der Waals surface area contributed by atoms with Gasteiger partial charge in [-0.2, -0.15) is 0 Å². The van der Waals surface area contributed by atoms with E-state index in [0.717, 1.165) is 12.8 Å². The van der Waals surface area contributed by atoms with Crippen molar-refractivity contribution in [2.24, 2.45) is 5.92 Å². The van der Waals surface area contributed by atoms with Gasteiger partial charge in [0.1, 0.15) is 6.04 Å². The fourth-order valence-electron chi connectivity index (χ4n) is 2.72. The van der Waals surface area contributed by atoms with Gasteiger partial charge in [0.25, 0.3) is 0 Å². The summed E-state index contributed by atoms with van der Waals surface area (Å²) in [6.45, 7) is 3.62. The average molecular weight is 256 g/mol. The molecule has 2 saturated heterocycles. The second-order valence-corrected chi connectivity index (χ2v) is 5.15. The minimum Gasteiger partial charge on any atom is -0.480 e. The van der Waals surface area contributed by atoms with Gasteiger partial charge in [-0.05, 0) is 18.8 Å². The molecule has 0 radical (unpaired) electrons. The predicted octanol–water partition coefficient (Wildman–Crippen LogP) is 0.622. The van der Waals surface area contributed by atoms with Gasteiger partial charge in [-0.15, -0.1) is 0 Å². The van der Waals surface area contributed by atoms with E-state index in [4.69, 9.17) is 4.74 Å². The molecule has 0 saturated carbocycles. The molecule has 0 aromatic rings. The first-order chi connectivity index (χ1) is 8.52. The number of likely N-dealkylation sites (tertiary alicyclic amines) is 1. The number of carbonyl (C=O) groups excluding carboxylic acids is 1. The second kappa shape index (κ2) is 5.14. The lowest BCUT2D eigenvalue weighted by atomic mass is 10.0. The molecule has 2 fully saturated rings. The molecule has 0 aromatic heterocycles. The normalized spacial score (nSPS) is 31.7. The zero-order valence-corrected chi connectivity index (χ0v) is 10.8. The van der Waals surface area contributed by atoms with Crippen LogP contribution in [0.15, 0.2) is 0 Å². The Hall–Kier alpha value is -1.30. The highest BCUT2D eigenvalue weighted by atomic mass is 16.5. The summed E-state index contributed by atoms with van der Waals surface area (Å²) in [5.74, 6) is -0.899. The Morgan fingerprint density at radius 3 is 2.67 bits per heavy atom. The van der Waals surface area contributed by atoms with Crippen LogP contribution in [0.25, 0.3) is 0 Å². The number of aliphatic carboxylic acids is 1. The topological polar surface area (TPSA) is 70.1 Å². The van der Waals surface area contributed by atoms with Crippen molar-refractivity contribution >= 4 is 12.0 Å². The highest BCUT2D eigenvalue weighted by Crippen LogP contribution is 2.26. The molecule has 2 amide bonds. The van der Waals surface area contributed by atoms with Crippen molar-refractivity contribution in [3.63, 3.8) is 0 Å².